The summed E-state index contributed by atoms with van der Waals surface area (Å²) in [5, 5.41) is 6.25. The summed E-state index contributed by atoms with van der Waals surface area (Å²) in [6.45, 7) is 3.73. The van der Waals surface area contributed by atoms with Crippen LogP contribution < -0.4 is 10.6 Å². The molecule has 2 aliphatic rings. The van der Waals surface area contributed by atoms with Crippen LogP contribution >= 0.6 is 11.3 Å². The second kappa shape index (κ2) is 8.18. The predicted molar refractivity (Wildman–Crippen MR) is 106 cm³/mol. The first-order valence-corrected chi connectivity index (χ1v) is 10.4. The monoisotopic (exact) mass is 370 g/mol. The molecule has 1 saturated carbocycles. The van der Waals surface area contributed by atoms with Gasteiger partial charge in [0, 0.05) is 42.9 Å². The summed E-state index contributed by atoms with van der Waals surface area (Å²) in [6, 6.07) is 8.52. The minimum atomic E-state index is 0.0287. The number of nitrogens with one attached hydrogen (secondary N) is 2. The number of amides is 1. The van der Waals surface area contributed by atoms with E-state index in [1.54, 1.807) is 23.7 Å². The van der Waals surface area contributed by atoms with E-state index in [9.17, 15) is 4.79 Å². The molecular formula is C20H26N4OS. The number of likely N-dealkylation sites (tertiary alicyclic amines) is 1. The molecule has 0 radical (unpaired) electrons. The van der Waals surface area contributed by atoms with Crippen LogP contribution in [0.25, 0.3) is 0 Å². The Balaban J connectivity index is 1.26. The Morgan fingerprint density at radius 2 is 2.15 bits per heavy atom. The maximum absolute atomic E-state index is 12.4. The average Bonchev–Trinajstić information content (AvgIpc) is 3.15. The molecule has 138 valence electrons. The average molecular weight is 371 g/mol. The summed E-state index contributed by atoms with van der Waals surface area (Å²) in [5.74, 6) is 0.951. The minimum absolute atomic E-state index is 0.0287. The summed E-state index contributed by atoms with van der Waals surface area (Å²) < 4.78 is 0. The normalized spacial score (nSPS) is 20.2. The molecule has 1 saturated heterocycles. The van der Waals surface area contributed by atoms with Crippen LogP contribution in [0.4, 0.5) is 5.69 Å². The SMILES string of the molecule is O=C(NCCNc1cccnc1)c1ccc(C2CCCN2CC2CC2)s1. The van der Waals surface area contributed by atoms with Crippen molar-refractivity contribution >= 4 is 22.9 Å². The first kappa shape index (κ1) is 17.5. The molecule has 5 nitrogen and oxygen atoms in total. The Morgan fingerprint density at radius 3 is 2.96 bits per heavy atom. The molecule has 0 spiro atoms. The molecule has 0 aromatic carbocycles. The smallest absolute Gasteiger partial charge is 0.261 e. The maximum Gasteiger partial charge on any atom is 0.261 e. The molecule has 26 heavy (non-hydrogen) atoms. The Hall–Kier alpha value is -1.92. The van der Waals surface area contributed by atoms with Gasteiger partial charge in [-0.15, -0.1) is 11.3 Å². The summed E-state index contributed by atoms with van der Waals surface area (Å²) in [6.07, 6.45) is 8.82. The van der Waals surface area contributed by atoms with Crippen molar-refractivity contribution in [1.29, 1.82) is 0 Å². The van der Waals surface area contributed by atoms with Crippen molar-refractivity contribution < 1.29 is 4.79 Å². The molecule has 2 aromatic rings. The zero-order chi connectivity index (χ0) is 17.8. The largest absolute Gasteiger partial charge is 0.382 e. The predicted octanol–water partition coefficient (Wildman–Crippen LogP) is 3.53. The van der Waals surface area contributed by atoms with E-state index in [0.717, 1.165) is 16.5 Å². The van der Waals surface area contributed by atoms with Crippen molar-refractivity contribution in [3.63, 3.8) is 0 Å². The van der Waals surface area contributed by atoms with Gasteiger partial charge in [-0.3, -0.25) is 14.7 Å². The van der Waals surface area contributed by atoms with Crippen molar-refractivity contribution in [2.45, 2.75) is 31.7 Å². The van der Waals surface area contributed by atoms with Gasteiger partial charge in [0.2, 0.25) is 0 Å². The fourth-order valence-electron chi connectivity index (χ4n) is 3.59. The van der Waals surface area contributed by atoms with Gasteiger partial charge < -0.3 is 10.6 Å². The van der Waals surface area contributed by atoms with E-state index in [0.29, 0.717) is 19.1 Å². The molecule has 2 fully saturated rings. The number of aromatic nitrogens is 1. The van der Waals surface area contributed by atoms with Crippen molar-refractivity contribution in [1.82, 2.24) is 15.2 Å². The van der Waals surface area contributed by atoms with E-state index in [2.05, 4.69) is 26.6 Å². The molecule has 0 bridgehead atoms. The fraction of sp³-hybridized carbons (Fsp3) is 0.500. The van der Waals surface area contributed by atoms with E-state index in [1.165, 1.54) is 43.6 Å². The van der Waals surface area contributed by atoms with Crippen LogP contribution in [0.15, 0.2) is 36.7 Å². The fourth-order valence-corrected chi connectivity index (χ4v) is 4.68. The lowest BCUT2D eigenvalue weighted by atomic mass is 10.2. The summed E-state index contributed by atoms with van der Waals surface area (Å²) in [5.41, 5.74) is 0.970. The van der Waals surface area contributed by atoms with E-state index in [-0.39, 0.29) is 5.91 Å². The highest BCUT2D eigenvalue weighted by Gasteiger charge is 2.32. The van der Waals surface area contributed by atoms with Crippen LogP contribution in [0.2, 0.25) is 0 Å². The molecule has 2 aromatic heterocycles. The highest BCUT2D eigenvalue weighted by molar-refractivity contribution is 7.14. The van der Waals surface area contributed by atoms with Crippen LogP contribution in [-0.4, -0.2) is 42.0 Å². The van der Waals surface area contributed by atoms with Gasteiger partial charge >= 0.3 is 0 Å². The summed E-state index contributed by atoms with van der Waals surface area (Å²) in [4.78, 5) is 21.3. The zero-order valence-corrected chi connectivity index (χ0v) is 15.8. The van der Waals surface area contributed by atoms with Crippen LogP contribution in [0, 0.1) is 5.92 Å². The lowest BCUT2D eigenvalue weighted by Crippen LogP contribution is -2.28. The molecule has 6 heteroatoms. The Labute approximate surface area is 158 Å². The van der Waals surface area contributed by atoms with Gasteiger partial charge in [0.1, 0.15) is 0 Å². The number of carbonyl (C=O) groups is 1. The quantitative estimate of drug-likeness (QED) is 0.698. The minimum Gasteiger partial charge on any atom is -0.382 e. The molecule has 2 N–H and O–H groups in total. The van der Waals surface area contributed by atoms with Gasteiger partial charge in [0.05, 0.1) is 10.6 Å². The number of carbonyl (C=O) groups excluding carboxylic acids is 1. The topological polar surface area (TPSA) is 57.3 Å². The summed E-state index contributed by atoms with van der Waals surface area (Å²) >= 11 is 1.66. The highest BCUT2D eigenvalue weighted by Crippen LogP contribution is 2.39. The second-order valence-corrected chi connectivity index (χ2v) is 8.34. The third-order valence-corrected chi connectivity index (χ3v) is 6.32. The van der Waals surface area contributed by atoms with Gasteiger partial charge in [-0.2, -0.15) is 0 Å². The number of nitrogens with zero attached hydrogens (tertiary/aromatic N) is 2. The van der Waals surface area contributed by atoms with Crippen LogP contribution in [0.3, 0.4) is 0 Å². The van der Waals surface area contributed by atoms with Gasteiger partial charge in [0.25, 0.3) is 5.91 Å². The first-order chi connectivity index (χ1) is 12.8. The highest BCUT2D eigenvalue weighted by atomic mass is 32.1. The Bertz CT molecular complexity index is 728. The van der Waals surface area contributed by atoms with Crippen molar-refractivity contribution in [2.75, 3.05) is 31.5 Å². The second-order valence-electron chi connectivity index (χ2n) is 7.22. The third-order valence-electron chi connectivity index (χ3n) is 5.13. The molecule has 1 unspecified atom stereocenters. The number of thiophene rings is 1. The van der Waals surface area contributed by atoms with Gasteiger partial charge in [0.15, 0.2) is 0 Å². The van der Waals surface area contributed by atoms with Crippen molar-refractivity contribution in [2.24, 2.45) is 5.92 Å². The molecule has 4 rings (SSSR count). The standard InChI is InChI=1S/C20H26N4OS/c25-20(23-11-10-22-16-3-1-9-21-13-16)19-8-7-18(26-19)17-4-2-12-24(17)14-15-5-6-15/h1,3,7-9,13,15,17,22H,2,4-6,10-12,14H2,(H,23,25). The van der Waals surface area contributed by atoms with Crippen molar-refractivity contribution in [3.8, 4) is 0 Å². The number of rotatable bonds is 8. The van der Waals surface area contributed by atoms with Crippen LogP contribution in [0.5, 0.6) is 0 Å². The summed E-state index contributed by atoms with van der Waals surface area (Å²) in [7, 11) is 0. The zero-order valence-electron chi connectivity index (χ0n) is 15.0. The molecule has 1 amide bonds. The Kier molecular flexibility index (Phi) is 5.51. The van der Waals surface area contributed by atoms with E-state index < -0.39 is 0 Å². The van der Waals surface area contributed by atoms with Crippen LogP contribution in [-0.2, 0) is 0 Å². The van der Waals surface area contributed by atoms with Gasteiger partial charge in [-0.05, 0) is 62.4 Å². The maximum atomic E-state index is 12.4. The third kappa shape index (κ3) is 4.43. The molecule has 3 heterocycles. The number of hydrogen-bond acceptors (Lipinski definition) is 5. The first-order valence-electron chi connectivity index (χ1n) is 9.55. The van der Waals surface area contributed by atoms with E-state index in [1.807, 2.05) is 18.2 Å². The number of anilines is 1. The van der Waals surface area contributed by atoms with Gasteiger partial charge in [-0.25, -0.2) is 0 Å². The lowest BCUT2D eigenvalue weighted by molar-refractivity contribution is 0.0959. The van der Waals surface area contributed by atoms with Gasteiger partial charge in [-0.1, -0.05) is 0 Å². The number of pyridine rings is 1. The molecule has 1 aliphatic carbocycles. The van der Waals surface area contributed by atoms with E-state index in [4.69, 9.17) is 0 Å². The van der Waals surface area contributed by atoms with Crippen molar-refractivity contribution in [3.05, 3.63) is 46.4 Å². The number of hydrogen-bond donors (Lipinski definition) is 2. The molecule has 1 atom stereocenters. The lowest BCUT2D eigenvalue weighted by Gasteiger charge is -2.23. The molecular weight excluding hydrogens is 344 g/mol. The molecule has 1 aliphatic heterocycles. The Morgan fingerprint density at radius 1 is 1.23 bits per heavy atom. The van der Waals surface area contributed by atoms with E-state index >= 15 is 0 Å². The van der Waals surface area contributed by atoms with Crippen LogP contribution in [0.1, 0.15) is 46.3 Å².